The molecule has 0 radical (unpaired) electrons. The summed E-state index contributed by atoms with van der Waals surface area (Å²) in [6, 6.07) is 0. The first-order chi connectivity index (χ1) is 2.91. The second-order valence-electron chi connectivity index (χ2n) is 0.724. The fourth-order valence-electron chi connectivity index (χ4n) is 0. The topological polar surface area (TPSA) is 20.2 Å². The van der Waals surface area contributed by atoms with Crippen molar-refractivity contribution in [1.29, 1.82) is 0 Å². The average Bonchev–Trinajstić information content (AvgIpc) is 1.72. The van der Waals surface area contributed by atoms with Gasteiger partial charge in [0.2, 0.25) is 0 Å². The van der Waals surface area contributed by atoms with Gasteiger partial charge in [-0.2, -0.15) is 0 Å². The van der Waals surface area contributed by atoms with Gasteiger partial charge >= 0.3 is 28.4 Å². The molecule has 0 amide bonds. The van der Waals surface area contributed by atoms with Gasteiger partial charge in [0, 0.05) is 6.61 Å². The standard InChI is InChI=1S/C3H8O.H2Se2/c1-2-3-4;1-2/h4H,2-3H2,1H3;1-2H. The van der Waals surface area contributed by atoms with Gasteiger partial charge in [-0.1, -0.05) is 6.92 Å². The molecule has 0 unspecified atom stereocenters. The Kier molecular flexibility index (Phi) is 28.0. The van der Waals surface area contributed by atoms with Crippen LogP contribution in [-0.2, 0) is 0 Å². The molecule has 0 aromatic rings. The number of aliphatic hydroxyl groups is 1. The Morgan fingerprint density at radius 2 is 1.67 bits per heavy atom. The molecule has 0 aliphatic carbocycles. The summed E-state index contributed by atoms with van der Waals surface area (Å²) in [5, 5.41) is 7.88. The van der Waals surface area contributed by atoms with Crippen LogP contribution in [0.25, 0.3) is 0 Å². The van der Waals surface area contributed by atoms with Gasteiger partial charge < -0.3 is 5.11 Å². The first kappa shape index (κ1) is 10.1. The molecule has 0 saturated heterocycles. The molecule has 3 heteroatoms. The second kappa shape index (κ2) is 16.7. The summed E-state index contributed by atoms with van der Waals surface area (Å²) in [5.74, 6) is 0. The number of hydrogen-bond acceptors (Lipinski definition) is 1. The molecule has 1 N–H and O–H groups in total. The third kappa shape index (κ3) is 20.0. The van der Waals surface area contributed by atoms with Crippen LogP contribution in [0, 0.1) is 0 Å². The predicted molar refractivity (Wildman–Crippen MR) is 31.7 cm³/mol. The summed E-state index contributed by atoms with van der Waals surface area (Å²) >= 11 is 4.50. The molecule has 0 atom stereocenters. The zero-order valence-corrected chi connectivity index (χ0v) is 7.51. The number of aliphatic hydroxyl groups excluding tert-OH is 1. The molecule has 0 spiro atoms. The number of hydrogen-bond donors (Lipinski definition) is 1. The Balaban J connectivity index is 0. The number of rotatable bonds is 1. The first-order valence-electron chi connectivity index (χ1n) is 1.72. The van der Waals surface area contributed by atoms with E-state index in [0.29, 0.717) is 6.61 Å². The van der Waals surface area contributed by atoms with Crippen LogP contribution in [0.2, 0.25) is 0 Å². The molecule has 0 aliphatic heterocycles. The van der Waals surface area contributed by atoms with E-state index in [1.807, 2.05) is 6.92 Å². The first-order valence-corrected chi connectivity index (χ1v) is 6.92. The molecule has 6 heavy (non-hydrogen) atoms. The zero-order valence-electron chi connectivity index (χ0n) is 3.76. The van der Waals surface area contributed by atoms with Crippen molar-refractivity contribution < 1.29 is 5.11 Å². The molecule has 0 saturated carbocycles. The van der Waals surface area contributed by atoms with Crippen molar-refractivity contribution >= 4 is 28.4 Å². The van der Waals surface area contributed by atoms with Crippen molar-refractivity contribution in [2.45, 2.75) is 13.3 Å². The van der Waals surface area contributed by atoms with Crippen LogP contribution in [-0.4, -0.2) is 40.1 Å². The van der Waals surface area contributed by atoms with Crippen LogP contribution in [0.15, 0.2) is 0 Å². The van der Waals surface area contributed by atoms with Crippen LogP contribution in [0.5, 0.6) is 0 Å². The fourth-order valence-corrected chi connectivity index (χ4v) is 0. The normalized spacial score (nSPS) is 6.00. The molecule has 0 rings (SSSR count). The molecule has 0 heterocycles. The van der Waals surface area contributed by atoms with Crippen LogP contribution in [0.3, 0.4) is 0 Å². The molecule has 1 nitrogen and oxygen atoms in total. The second-order valence-corrected chi connectivity index (χ2v) is 0.724. The van der Waals surface area contributed by atoms with E-state index in [4.69, 9.17) is 5.11 Å². The minimum atomic E-state index is 0.319. The minimum absolute atomic E-state index is 0.319. The van der Waals surface area contributed by atoms with Gasteiger partial charge in [-0.05, 0) is 6.42 Å². The van der Waals surface area contributed by atoms with Crippen LogP contribution >= 0.6 is 0 Å². The SMILES string of the molecule is CCCO.[SeH][SeH]. The van der Waals surface area contributed by atoms with Crippen molar-refractivity contribution in [2.75, 3.05) is 6.61 Å². The van der Waals surface area contributed by atoms with Crippen LogP contribution in [0.1, 0.15) is 13.3 Å². The Hall–Kier alpha value is 0.999. The maximum absolute atomic E-state index is 7.88. The van der Waals surface area contributed by atoms with Crippen molar-refractivity contribution in [1.82, 2.24) is 0 Å². The zero-order chi connectivity index (χ0) is 5.41. The van der Waals surface area contributed by atoms with Gasteiger partial charge in [0.25, 0.3) is 0 Å². The van der Waals surface area contributed by atoms with Crippen molar-refractivity contribution in [3.63, 3.8) is 0 Å². The Morgan fingerprint density at radius 1 is 1.50 bits per heavy atom. The van der Waals surface area contributed by atoms with E-state index >= 15 is 0 Å². The van der Waals surface area contributed by atoms with Crippen molar-refractivity contribution in [3.05, 3.63) is 0 Å². The molecular formula is C3H10OSe2. The van der Waals surface area contributed by atoms with E-state index in [1.165, 1.54) is 0 Å². The molecule has 40 valence electrons. The van der Waals surface area contributed by atoms with Crippen molar-refractivity contribution in [3.8, 4) is 0 Å². The van der Waals surface area contributed by atoms with E-state index in [0.717, 1.165) is 6.42 Å². The van der Waals surface area contributed by atoms with Crippen LogP contribution < -0.4 is 0 Å². The fraction of sp³-hybridized carbons (Fsp3) is 1.00. The summed E-state index contributed by atoms with van der Waals surface area (Å²) < 4.78 is 0. The van der Waals surface area contributed by atoms with E-state index in [1.54, 1.807) is 0 Å². The Bertz CT molecular complexity index is 10.8. The van der Waals surface area contributed by atoms with Gasteiger partial charge in [-0.15, -0.1) is 0 Å². The Labute approximate surface area is 53.7 Å². The third-order valence-electron chi connectivity index (χ3n) is 0.224. The summed E-state index contributed by atoms with van der Waals surface area (Å²) in [5.41, 5.74) is 0. The summed E-state index contributed by atoms with van der Waals surface area (Å²) in [6.07, 6.45) is 0.875. The van der Waals surface area contributed by atoms with Gasteiger partial charge in [0.05, 0.1) is 0 Å². The molecule has 0 fully saturated rings. The van der Waals surface area contributed by atoms with Crippen LogP contribution in [0.4, 0.5) is 0 Å². The molecule has 0 aromatic carbocycles. The molecule has 0 aromatic heterocycles. The van der Waals surface area contributed by atoms with Crippen molar-refractivity contribution in [2.24, 2.45) is 0 Å². The van der Waals surface area contributed by atoms with E-state index < -0.39 is 0 Å². The monoisotopic (exact) mass is 222 g/mol. The van der Waals surface area contributed by atoms with Gasteiger partial charge in [-0.3, -0.25) is 0 Å². The van der Waals surface area contributed by atoms with E-state index in [2.05, 4.69) is 28.4 Å². The summed E-state index contributed by atoms with van der Waals surface area (Å²) in [7, 11) is 0. The van der Waals surface area contributed by atoms with Gasteiger partial charge in [0.1, 0.15) is 0 Å². The molecule has 0 aliphatic rings. The van der Waals surface area contributed by atoms with Gasteiger partial charge in [0.15, 0.2) is 0 Å². The average molecular weight is 220 g/mol. The predicted octanol–water partition coefficient (Wildman–Crippen LogP) is -0.908. The molecule has 0 bridgehead atoms. The van der Waals surface area contributed by atoms with Gasteiger partial charge in [-0.25, -0.2) is 0 Å². The molecular weight excluding hydrogens is 210 g/mol. The quantitative estimate of drug-likeness (QED) is 0.567. The summed E-state index contributed by atoms with van der Waals surface area (Å²) in [6.45, 7) is 2.25. The Morgan fingerprint density at radius 3 is 1.67 bits per heavy atom. The van der Waals surface area contributed by atoms with E-state index in [9.17, 15) is 0 Å². The third-order valence-corrected chi connectivity index (χ3v) is 0.224. The van der Waals surface area contributed by atoms with E-state index in [-0.39, 0.29) is 0 Å². The summed E-state index contributed by atoms with van der Waals surface area (Å²) in [4.78, 5) is 0. The maximum atomic E-state index is 7.88.